The molecule has 0 radical (unpaired) electrons. The number of aliphatic carboxylic acids is 1. The molecule has 1 saturated carbocycles. The van der Waals surface area contributed by atoms with Crippen LogP contribution in [0.4, 0.5) is 0 Å². The van der Waals surface area contributed by atoms with E-state index in [1.54, 1.807) is 6.07 Å². The first kappa shape index (κ1) is 13.6. The molecule has 0 unspecified atom stereocenters. The van der Waals surface area contributed by atoms with Gasteiger partial charge < -0.3 is 10.4 Å². The number of carbonyl (C=O) groups is 2. The Bertz CT molecular complexity index is 464. The van der Waals surface area contributed by atoms with E-state index < -0.39 is 5.97 Å². The Hall–Kier alpha value is -1.84. The SMILES string of the molecule is O=C(O)Cc1ccccc1CNC(=O)C1CCCC1. The lowest BCUT2D eigenvalue weighted by molar-refractivity contribution is -0.136. The first-order chi connectivity index (χ1) is 9.16. The van der Waals surface area contributed by atoms with Gasteiger partial charge in [0.05, 0.1) is 6.42 Å². The fraction of sp³-hybridized carbons (Fsp3) is 0.467. The summed E-state index contributed by atoms with van der Waals surface area (Å²) in [5, 5.41) is 11.8. The summed E-state index contributed by atoms with van der Waals surface area (Å²) in [6.07, 6.45) is 4.21. The number of benzene rings is 1. The van der Waals surface area contributed by atoms with Gasteiger partial charge in [0.15, 0.2) is 0 Å². The van der Waals surface area contributed by atoms with Gasteiger partial charge in [-0.05, 0) is 24.0 Å². The molecule has 1 aliphatic rings. The molecule has 1 aromatic carbocycles. The molecule has 1 amide bonds. The molecule has 1 aromatic rings. The van der Waals surface area contributed by atoms with E-state index in [1.165, 1.54) is 0 Å². The molecule has 4 heteroatoms. The minimum Gasteiger partial charge on any atom is -0.481 e. The molecule has 0 aliphatic heterocycles. The van der Waals surface area contributed by atoms with Gasteiger partial charge in [-0.25, -0.2) is 0 Å². The van der Waals surface area contributed by atoms with Gasteiger partial charge in [0.25, 0.3) is 0 Å². The zero-order valence-electron chi connectivity index (χ0n) is 10.9. The summed E-state index contributed by atoms with van der Waals surface area (Å²) in [4.78, 5) is 22.7. The molecule has 1 aliphatic carbocycles. The quantitative estimate of drug-likeness (QED) is 0.853. The Morgan fingerprint density at radius 2 is 1.79 bits per heavy atom. The molecule has 0 spiro atoms. The molecule has 0 bridgehead atoms. The average Bonchev–Trinajstić information content (AvgIpc) is 2.90. The highest BCUT2D eigenvalue weighted by Crippen LogP contribution is 2.24. The second-order valence-corrected chi connectivity index (χ2v) is 5.04. The predicted molar refractivity (Wildman–Crippen MR) is 71.6 cm³/mol. The molecular weight excluding hydrogens is 242 g/mol. The summed E-state index contributed by atoms with van der Waals surface area (Å²) >= 11 is 0. The van der Waals surface area contributed by atoms with E-state index in [2.05, 4.69) is 5.32 Å². The van der Waals surface area contributed by atoms with Gasteiger partial charge in [-0.2, -0.15) is 0 Å². The van der Waals surface area contributed by atoms with E-state index in [9.17, 15) is 9.59 Å². The highest BCUT2D eigenvalue weighted by molar-refractivity contribution is 5.79. The lowest BCUT2D eigenvalue weighted by Crippen LogP contribution is -2.29. The number of carboxylic acids is 1. The molecular formula is C15H19NO3. The minimum absolute atomic E-state index is 0.00449. The zero-order chi connectivity index (χ0) is 13.7. The molecule has 0 heterocycles. The van der Waals surface area contributed by atoms with Crippen LogP contribution in [0, 0.1) is 5.92 Å². The smallest absolute Gasteiger partial charge is 0.307 e. The molecule has 4 nitrogen and oxygen atoms in total. The Morgan fingerprint density at radius 3 is 2.42 bits per heavy atom. The van der Waals surface area contributed by atoms with E-state index in [-0.39, 0.29) is 18.2 Å². The van der Waals surface area contributed by atoms with Crippen LogP contribution in [0.2, 0.25) is 0 Å². The van der Waals surface area contributed by atoms with Crippen LogP contribution in [0.3, 0.4) is 0 Å². The van der Waals surface area contributed by atoms with Crippen molar-refractivity contribution in [1.29, 1.82) is 0 Å². The molecule has 0 atom stereocenters. The lowest BCUT2D eigenvalue weighted by atomic mass is 10.0. The Kier molecular flexibility index (Phi) is 4.55. The normalized spacial score (nSPS) is 15.4. The lowest BCUT2D eigenvalue weighted by Gasteiger charge is -2.12. The van der Waals surface area contributed by atoms with Gasteiger partial charge >= 0.3 is 5.97 Å². The number of rotatable bonds is 5. The summed E-state index contributed by atoms with van der Waals surface area (Å²) < 4.78 is 0. The summed E-state index contributed by atoms with van der Waals surface area (Å²) in [6.45, 7) is 0.415. The number of amides is 1. The van der Waals surface area contributed by atoms with Crippen LogP contribution in [0.15, 0.2) is 24.3 Å². The molecule has 102 valence electrons. The summed E-state index contributed by atoms with van der Waals surface area (Å²) in [6, 6.07) is 7.35. The molecule has 2 rings (SSSR count). The fourth-order valence-corrected chi connectivity index (χ4v) is 2.58. The van der Waals surface area contributed by atoms with Crippen molar-refractivity contribution < 1.29 is 14.7 Å². The van der Waals surface area contributed by atoms with E-state index in [4.69, 9.17) is 5.11 Å². The highest BCUT2D eigenvalue weighted by atomic mass is 16.4. The van der Waals surface area contributed by atoms with Crippen molar-refractivity contribution in [3.63, 3.8) is 0 Å². The van der Waals surface area contributed by atoms with Crippen LogP contribution < -0.4 is 5.32 Å². The number of hydrogen-bond donors (Lipinski definition) is 2. The molecule has 2 N–H and O–H groups in total. The van der Waals surface area contributed by atoms with Crippen molar-refractivity contribution in [2.75, 3.05) is 0 Å². The highest BCUT2D eigenvalue weighted by Gasteiger charge is 2.22. The third kappa shape index (κ3) is 3.81. The van der Waals surface area contributed by atoms with Crippen molar-refractivity contribution >= 4 is 11.9 Å². The molecule has 0 aromatic heterocycles. The molecule has 0 saturated heterocycles. The second kappa shape index (κ2) is 6.36. The fourth-order valence-electron chi connectivity index (χ4n) is 2.58. The van der Waals surface area contributed by atoms with Gasteiger partial charge in [0.2, 0.25) is 5.91 Å². The number of nitrogens with one attached hydrogen (secondary N) is 1. The van der Waals surface area contributed by atoms with E-state index in [1.807, 2.05) is 18.2 Å². The van der Waals surface area contributed by atoms with Crippen LogP contribution in [-0.4, -0.2) is 17.0 Å². The average molecular weight is 261 g/mol. The molecule has 19 heavy (non-hydrogen) atoms. The van der Waals surface area contributed by atoms with E-state index in [0.717, 1.165) is 36.8 Å². The second-order valence-electron chi connectivity index (χ2n) is 5.04. The Balaban J connectivity index is 1.94. The van der Waals surface area contributed by atoms with Crippen LogP contribution in [0.5, 0.6) is 0 Å². The van der Waals surface area contributed by atoms with Crippen LogP contribution in [0.1, 0.15) is 36.8 Å². The van der Waals surface area contributed by atoms with Crippen LogP contribution in [-0.2, 0) is 22.6 Å². The predicted octanol–water partition coefficient (Wildman–Crippen LogP) is 2.12. The number of carbonyl (C=O) groups excluding carboxylic acids is 1. The Labute approximate surface area is 112 Å². The summed E-state index contributed by atoms with van der Waals surface area (Å²) in [5.74, 6) is -0.608. The third-order valence-electron chi connectivity index (χ3n) is 3.64. The third-order valence-corrected chi connectivity index (χ3v) is 3.64. The van der Waals surface area contributed by atoms with Crippen molar-refractivity contribution in [3.8, 4) is 0 Å². The van der Waals surface area contributed by atoms with Crippen LogP contribution in [0.25, 0.3) is 0 Å². The first-order valence-corrected chi connectivity index (χ1v) is 6.73. The maximum Gasteiger partial charge on any atom is 0.307 e. The van der Waals surface area contributed by atoms with E-state index in [0.29, 0.717) is 6.54 Å². The number of carboxylic acid groups (broad SMARTS) is 1. The van der Waals surface area contributed by atoms with Gasteiger partial charge in [-0.3, -0.25) is 9.59 Å². The monoisotopic (exact) mass is 261 g/mol. The summed E-state index contributed by atoms with van der Waals surface area (Å²) in [7, 11) is 0. The first-order valence-electron chi connectivity index (χ1n) is 6.73. The maximum atomic E-state index is 11.9. The summed E-state index contributed by atoms with van der Waals surface area (Å²) in [5.41, 5.74) is 1.65. The van der Waals surface area contributed by atoms with Gasteiger partial charge in [0, 0.05) is 12.5 Å². The van der Waals surface area contributed by atoms with Crippen molar-refractivity contribution in [2.24, 2.45) is 5.92 Å². The minimum atomic E-state index is -0.852. The number of hydrogen-bond acceptors (Lipinski definition) is 2. The van der Waals surface area contributed by atoms with Crippen molar-refractivity contribution in [2.45, 2.75) is 38.6 Å². The van der Waals surface area contributed by atoms with Gasteiger partial charge in [0.1, 0.15) is 0 Å². The van der Waals surface area contributed by atoms with Gasteiger partial charge in [-0.15, -0.1) is 0 Å². The van der Waals surface area contributed by atoms with Crippen molar-refractivity contribution in [1.82, 2.24) is 5.32 Å². The van der Waals surface area contributed by atoms with Crippen molar-refractivity contribution in [3.05, 3.63) is 35.4 Å². The van der Waals surface area contributed by atoms with Gasteiger partial charge in [-0.1, -0.05) is 37.1 Å². The Morgan fingerprint density at radius 1 is 1.16 bits per heavy atom. The topological polar surface area (TPSA) is 66.4 Å². The largest absolute Gasteiger partial charge is 0.481 e. The maximum absolute atomic E-state index is 11.9. The van der Waals surface area contributed by atoms with E-state index >= 15 is 0 Å². The zero-order valence-corrected chi connectivity index (χ0v) is 10.9. The standard InChI is InChI=1S/C15H19NO3/c17-14(18)9-12-7-3-4-8-13(12)10-16-15(19)11-5-1-2-6-11/h3-4,7-8,11H,1-2,5-6,9-10H2,(H,16,19)(H,17,18). The van der Waals surface area contributed by atoms with Crippen LogP contribution >= 0.6 is 0 Å². The molecule has 1 fully saturated rings.